The summed E-state index contributed by atoms with van der Waals surface area (Å²) in [5.41, 5.74) is 3.83. The molecule has 0 fully saturated rings. The average Bonchev–Trinajstić information content (AvgIpc) is 2.40. The van der Waals surface area contributed by atoms with E-state index in [0.717, 1.165) is 17.1 Å². The summed E-state index contributed by atoms with van der Waals surface area (Å²) >= 11 is 0. The van der Waals surface area contributed by atoms with E-state index in [1.54, 1.807) is 12.1 Å². The Morgan fingerprint density at radius 3 is 2.33 bits per heavy atom. The van der Waals surface area contributed by atoms with Gasteiger partial charge in [0, 0.05) is 31.2 Å². The van der Waals surface area contributed by atoms with E-state index in [2.05, 4.69) is 28.4 Å². The molecule has 0 aliphatic rings. The molecule has 0 atom stereocenters. The maximum Gasteiger partial charge on any atom is 0.0991 e. The van der Waals surface area contributed by atoms with E-state index in [1.807, 2.05) is 38.4 Å². The lowest BCUT2D eigenvalue weighted by Crippen LogP contribution is -2.08. The zero-order valence-corrected chi connectivity index (χ0v) is 10.5. The molecule has 3 heteroatoms. The lowest BCUT2D eigenvalue weighted by Gasteiger charge is -2.14. The molecule has 1 N–H and O–H groups in total. The Labute approximate surface area is 107 Å². The van der Waals surface area contributed by atoms with Gasteiger partial charge in [-0.3, -0.25) is 0 Å². The smallest absolute Gasteiger partial charge is 0.0991 e. The van der Waals surface area contributed by atoms with Crippen LogP contribution in [0, 0.1) is 11.3 Å². The fourth-order valence-electron chi connectivity index (χ4n) is 1.66. The number of benzene rings is 2. The third-order valence-electron chi connectivity index (χ3n) is 2.67. The van der Waals surface area contributed by atoms with Crippen LogP contribution in [0.2, 0.25) is 0 Å². The minimum Gasteiger partial charge on any atom is -0.378 e. The molecule has 0 saturated carbocycles. The molecule has 0 aliphatic carbocycles. The summed E-state index contributed by atoms with van der Waals surface area (Å²) in [7, 11) is 4.03. The Morgan fingerprint density at radius 2 is 1.72 bits per heavy atom. The lowest BCUT2D eigenvalue weighted by molar-refractivity contribution is 1.13. The molecule has 90 valence electrons. The second-order valence-electron chi connectivity index (χ2n) is 4.26. The van der Waals surface area contributed by atoms with Gasteiger partial charge in [-0.25, -0.2) is 0 Å². The monoisotopic (exact) mass is 237 g/mol. The van der Waals surface area contributed by atoms with Crippen LogP contribution in [0.25, 0.3) is 0 Å². The molecule has 3 nitrogen and oxygen atoms in total. The van der Waals surface area contributed by atoms with Crippen molar-refractivity contribution in [3.8, 4) is 6.07 Å². The van der Waals surface area contributed by atoms with Gasteiger partial charge in [0.1, 0.15) is 0 Å². The average molecular weight is 237 g/mol. The minimum atomic E-state index is 0.669. The van der Waals surface area contributed by atoms with Crippen molar-refractivity contribution in [3.05, 3.63) is 54.1 Å². The topological polar surface area (TPSA) is 39.1 Å². The van der Waals surface area contributed by atoms with Crippen molar-refractivity contribution < 1.29 is 0 Å². The van der Waals surface area contributed by atoms with Crippen molar-refractivity contribution in [1.29, 1.82) is 5.26 Å². The molecule has 2 rings (SSSR count). The predicted molar refractivity (Wildman–Crippen MR) is 75.2 cm³/mol. The normalized spacial score (nSPS) is 9.61. The fourth-order valence-corrected chi connectivity index (χ4v) is 1.66. The van der Waals surface area contributed by atoms with Crippen molar-refractivity contribution in [2.45, 2.75) is 0 Å². The Hall–Kier alpha value is -2.47. The lowest BCUT2D eigenvalue weighted by atomic mass is 10.2. The summed E-state index contributed by atoms with van der Waals surface area (Å²) < 4.78 is 0. The molecule has 0 aliphatic heterocycles. The van der Waals surface area contributed by atoms with Crippen LogP contribution in [0.1, 0.15) is 5.56 Å². The van der Waals surface area contributed by atoms with Crippen LogP contribution in [0.5, 0.6) is 0 Å². The fraction of sp³-hybridized carbons (Fsp3) is 0.133. The summed E-state index contributed by atoms with van der Waals surface area (Å²) in [6.45, 7) is 0. The highest BCUT2D eigenvalue weighted by atomic mass is 15.1. The third-order valence-corrected chi connectivity index (χ3v) is 2.67. The van der Waals surface area contributed by atoms with Gasteiger partial charge in [0.25, 0.3) is 0 Å². The zero-order chi connectivity index (χ0) is 13.0. The Bertz CT molecular complexity index is 565. The van der Waals surface area contributed by atoms with Gasteiger partial charge >= 0.3 is 0 Å². The Morgan fingerprint density at radius 1 is 1.00 bits per heavy atom. The van der Waals surface area contributed by atoms with Crippen molar-refractivity contribution in [2.75, 3.05) is 24.3 Å². The number of nitrogens with zero attached hydrogens (tertiary/aromatic N) is 2. The van der Waals surface area contributed by atoms with Gasteiger partial charge in [-0.1, -0.05) is 6.07 Å². The van der Waals surface area contributed by atoms with E-state index < -0.39 is 0 Å². The largest absolute Gasteiger partial charge is 0.378 e. The van der Waals surface area contributed by atoms with Crippen LogP contribution in [-0.2, 0) is 0 Å². The first-order chi connectivity index (χ1) is 8.69. The molecular formula is C15H15N3. The molecule has 0 radical (unpaired) electrons. The number of nitrogens with one attached hydrogen (secondary N) is 1. The van der Waals surface area contributed by atoms with Crippen LogP contribution in [-0.4, -0.2) is 14.1 Å². The van der Waals surface area contributed by atoms with E-state index in [0.29, 0.717) is 5.56 Å². The van der Waals surface area contributed by atoms with Gasteiger partial charge in [-0.2, -0.15) is 5.26 Å². The second kappa shape index (κ2) is 5.24. The molecule has 0 spiro atoms. The second-order valence-corrected chi connectivity index (χ2v) is 4.26. The van der Waals surface area contributed by atoms with Gasteiger partial charge < -0.3 is 10.2 Å². The van der Waals surface area contributed by atoms with Crippen molar-refractivity contribution in [3.63, 3.8) is 0 Å². The van der Waals surface area contributed by atoms with Crippen molar-refractivity contribution in [2.24, 2.45) is 0 Å². The molecule has 2 aromatic carbocycles. The van der Waals surface area contributed by atoms with E-state index in [9.17, 15) is 0 Å². The molecule has 0 unspecified atom stereocenters. The predicted octanol–water partition coefficient (Wildman–Crippen LogP) is 3.37. The number of hydrogen-bond acceptors (Lipinski definition) is 3. The minimum absolute atomic E-state index is 0.669. The first-order valence-corrected chi connectivity index (χ1v) is 5.73. The van der Waals surface area contributed by atoms with E-state index in [1.165, 1.54) is 0 Å². The maximum absolute atomic E-state index is 8.74. The van der Waals surface area contributed by atoms with Gasteiger partial charge in [-0.05, 0) is 42.5 Å². The first kappa shape index (κ1) is 12.0. The third kappa shape index (κ3) is 2.80. The molecule has 0 amide bonds. The number of nitriles is 1. The zero-order valence-electron chi connectivity index (χ0n) is 10.5. The number of rotatable bonds is 3. The summed E-state index contributed by atoms with van der Waals surface area (Å²) in [4.78, 5) is 2.06. The quantitative estimate of drug-likeness (QED) is 0.889. The molecule has 2 aromatic rings. The molecule has 0 heterocycles. The van der Waals surface area contributed by atoms with Gasteiger partial charge in [0.15, 0.2) is 0 Å². The Balaban J connectivity index is 2.18. The van der Waals surface area contributed by atoms with Gasteiger partial charge in [-0.15, -0.1) is 0 Å². The van der Waals surface area contributed by atoms with Crippen molar-refractivity contribution in [1.82, 2.24) is 0 Å². The Kier molecular flexibility index (Phi) is 3.49. The van der Waals surface area contributed by atoms with Crippen LogP contribution in [0.15, 0.2) is 48.5 Å². The number of hydrogen-bond donors (Lipinski definition) is 1. The van der Waals surface area contributed by atoms with E-state index in [4.69, 9.17) is 5.26 Å². The van der Waals surface area contributed by atoms with E-state index >= 15 is 0 Å². The summed E-state index contributed by atoms with van der Waals surface area (Å²) in [5, 5.41) is 12.1. The highest BCUT2D eigenvalue weighted by Crippen LogP contribution is 2.21. The standard InChI is InChI=1S/C15H15N3/c1-18(2)15-5-3-4-14(10-15)17-13-8-6-12(11-16)7-9-13/h3-10,17H,1-2H3. The molecular weight excluding hydrogens is 222 g/mol. The molecule has 0 bridgehead atoms. The molecule has 0 aromatic heterocycles. The van der Waals surface area contributed by atoms with Crippen molar-refractivity contribution >= 4 is 17.1 Å². The first-order valence-electron chi connectivity index (χ1n) is 5.73. The van der Waals surface area contributed by atoms with Gasteiger partial charge in [0.05, 0.1) is 11.6 Å². The summed E-state index contributed by atoms with van der Waals surface area (Å²) in [6.07, 6.45) is 0. The molecule has 18 heavy (non-hydrogen) atoms. The molecule has 0 saturated heterocycles. The summed E-state index contributed by atoms with van der Waals surface area (Å²) in [6, 6.07) is 17.7. The van der Waals surface area contributed by atoms with Crippen LogP contribution < -0.4 is 10.2 Å². The van der Waals surface area contributed by atoms with Crippen LogP contribution >= 0.6 is 0 Å². The maximum atomic E-state index is 8.74. The highest BCUT2D eigenvalue weighted by molar-refractivity contribution is 5.65. The van der Waals surface area contributed by atoms with Gasteiger partial charge in [0.2, 0.25) is 0 Å². The van der Waals surface area contributed by atoms with Crippen LogP contribution in [0.3, 0.4) is 0 Å². The summed E-state index contributed by atoms with van der Waals surface area (Å²) in [5.74, 6) is 0. The van der Waals surface area contributed by atoms with E-state index in [-0.39, 0.29) is 0 Å². The highest BCUT2D eigenvalue weighted by Gasteiger charge is 1.98. The SMILES string of the molecule is CN(C)c1cccc(Nc2ccc(C#N)cc2)c1. The van der Waals surface area contributed by atoms with Crippen LogP contribution in [0.4, 0.5) is 17.1 Å². The number of anilines is 3.